The molecule has 4 N–H and O–H groups in total. The number of benzene rings is 2. The molecule has 200 valence electrons. The van der Waals surface area contributed by atoms with Gasteiger partial charge < -0.3 is 25.7 Å². The van der Waals surface area contributed by atoms with Crippen LogP contribution in [0.1, 0.15) is 67.2 Å². The highest BCUT2D eigenvalue weighted by Gasteiger charge is 2.50. The van der Waals surface area contributed by atoms with Gasteiger partial charge in [-0.15, -0.1) is 0 Å². The summed E-state index contributed by atoms with van der Waals surface area (Å²) in [7, 11) is 0. The van der Waals surface area contributed by atoms with Crippen LogP contribution in [0.5, 0.6) is 0 Å². The van der Waals surface area contributed by atoms with Crippen molar-refractivity contribution in [2.45, 2.75) is 57.2 Å². The van der Waals surface area contributed by atoms with Crippen molar-refractivity contribution in [3.8, 4) is 0 Å². The van der Waals surface area contributed by atoms with E-state index in [1.165, 1.54) is 0 Å². The van der Waals surface area contributed by atoms with Crippen LogP contribution in [0, 0.1) is 11.8 Å². The number of amides is 2. The van der Waals surface area contributed by atoms with Crippen molar-refractivity contribution in [3.05, 3.63) is 71.9 Å². The number of hydrogen-bond donors (Lipinski definition) is 2. The molecule has 0 radical (unpaired) electrons. The Morgan fingerprint density at radius 2 is 1.66 bits per heavy atom. The Bertz CT molecular complexity index is 1310. The van der Waals surface area contributed by atoms with E-state index in [4.69, 9.17) is 16.2 Å². The minimum absolute atomic E-state index is 0.0831. The van der Waals surface area contributed by atoms with Crippen molar-refractivity contribution < 1.29 is 19.1 Å². The number of para-hydroxylation sites is 1. The van der Waals surface area contributed by atoms with Gasteiger partial charge in [0, 0.05) is 17.2 Å². The molecular formula is C30H36N4O4. The van der Waals surface area contributed by atoms with Crippen LogP contribution in [0.15, 0.2) is 60.7 Å². The highest BCUT2D eigenvalue weighted by molar-refractivity contribution is 5.96. The SMILES string of the molecule is CCOC(=O)c1cc2ccccc2n1C1C[C@@H](c2ccccc2)[C@@H](C(N)=O)N1C(=O)C1CCC(CN)CC1. The second-order valence-electron chi connectivity index (χ2n) is 10.5. The molecule has 3 aromatic rings. The number of likely N-dealkylation sites (tertiary alicyclic amines) is 1. The van der Waals surface area contributed by atoms with Crippen LogP contribution in [0.25, 0.3) is 10.9 Å². The van der Waals surface area contributed by atoms with E-state index in [9.17, 15) is 14.4 Å². The first kappa shape index (κ1) is 26.0. The summed E-state index contributed by atoms with van der Waals surface area (Å²) in [6.45, 7) is 2.61. The molecule has 0 spiro atoms. The summed E-state index contributed by atoms with van der Waals surface area (Å²) in [5.74, 6) is -1.19. The smallest absolute Gasteiger partial charge is 0.355 e. The maximum Gasteiger partial charge on any atom is 0.355 e. The van der Waals surface area contributed by atoms with Crippen LogP contribution in [0.2, 0.25) is 0 Å². The first-order valence-electron chi connectivity index (χ1n) is 13.6. The van der Waals surface area contributed by atoms with Gasteiger partial charge in [-0.3, -0.25) is 9.59 Å². The number of carbonyl (C=O) groups is 3. The second-order valence-corrected chi connectivity index (χ2v) is 10.5. The van der Waals surface area contributed by atoms with Crippen LogP contribution in [-0.2, 0) is 14.3 Å². The first-order chi connectivity index (χ1) is 18.4. The lowest BCUT2D eigenvalue weighted by Gasteiger charge is -2.36. The van der Waals surface area contributed by atoms with E-state index < -0.39 is 24.1 Å². The van der Waals surface area contributed by atoms with Crippen molar-refractivity contribution >= 4 is 28.7 Å². The molecule has 2 heterocycles. The van der Waals surface area contributed by atoms with Gasteiger partial charge in [0.05, 0.1) is 12.1 Å². The van der Waals surface area contributed by atoms with Crippen molar-refractivity contribution in [2.75, 3.05) is 13.2 Å². The van der Waals surface area contributed by atoms with Gasteiger partial charge in [-0.05, 0) is 69.2 Å². The summed E-state index contributed by atoms with van der Waals surface area (Å²) in [5, 5.41) is 0.866. The third-order valence-electron chi connectivity index (χ3n) is 8.30. The molecule has 1 saturated heterocycles. The lowest BCUT2D eigenvalue weighted by atomic mass is 9.81. The van der Waals surface area contributed by atoms with E-state index in [0.29, 0.717) is 24.6 Å². The Morgan fingerprint density at radius 1 is 0.974 bits per heavy atom. The highest BCUT2D eigenvalue weighted by atomic mass is 16.5. The summed E-state index contributed by atoms with van der Waals surface area (Å²) in [4.78, 5) is 42.2. The second kappa shape index (κ2) is 11.0. The minimum atomic E-state index is -0.835. The van der Waals surface area contributed by atoms with Gasteiger partial charge in [0.15, 0.2) is 0 Å². The van der Waals surface area contributed by atoms with Crippen LogP contribution < -0.4 is 11.5 Å². The maximum absolute atomic E-state index is 14.3. The molecule has 38 heavy (non-hydrogen) atoms. The molecule has 2 amide bonds. The molecule has 8 heteroatoms. The lowest BCUT2D eigenvalue weighted by molar-refractivity contribution is -0.145. The Morgan fingerprint density at radius 3 is 2.32 bits per heavy atom. The maximum atomic E-state index is 14.3. The third-order valence-corrected chi connectivity index (χ3v) is 8.30. The molecular weight excluding hydrogens is 480 g/mol. The number of nitrogens with zero attached hydrogens (tertiary/aromatic N) is 2. The van der Waals surface area contributed by atoms with Crippen LogP contribution >= 0.6 is 0 Å². The topological polar surface area (TPSA) is 121 Å². The van der Waals surface area contributed by atoms with Gasteiger partial charge >= 0.3 is 5.97 Å². The number of ether oxygens (including phenoxy) is 1. The van der Waals surface area contributed by atoms with E-state index in [0.717, 1.165) is 42.1 Å². The molecule has 2 aromatic carbocycles. The Balaban J connectivity index is 1.64. The van der Waals surface area contributed by atoms with E-state index in [-0.39, 0.29) is 24.3 Å². The zero-order valence-corrected chi connectivity index (χ0v) is 21.8. The molecule has 1 aromatic heterocycles. The van der Waals surface area contributed by atoms with Crippen LogP contribution in [-0.4, -0.2) is 46.4 Å². The summed E-state index contributed by atoms with van der Waals surface area (Å²) in [5.41, 5.74) is 14.1. The quantitative estimate of drug-likeness (QED) is 0.461. The van der Waals surface area contributed by atoms with Gasteiger partial charge in [-0.25, -0.2) is 4.79 Å². The van der Waals surface area contributed by atoms with Gasteiger partial charge in [-0.1, -0.05) is 48.5 Å². The molecule has 5 rings (SSSR count). The standard InChI is InChI=1S/C30H36N4O4/c1-2-38-30(37)25-16-22-10-6-7-11-24(22)33(25)26-17-23(20-8-4-3-5-9-20)27(28(32)35)34(26)29(36)21-14-12-19(18-31)13-15-21/h3-11,16,19,21,23,26-27H,2,12-15,17-18,31H2,1H3,(H2,32,35)/t19?,21?,23-,26?,27-/m0/s1. The number of rotatable bonds is 7. The molecule has 3 atom stereocenters. The Kier molecular flexibility index (Phi) is 7.51. The number of nitrogens with two attached hydrogens (primary N) is 2. The van der Waals surface area contributed by atoms with Crippen LogP contribution in [0.3, 0.4) is 0 Å². The van der Waals surface area contributed by atoms with E-state index in [2.05, 4.69) is 0 Å². The predicted molar refractivity (Wildman–Crippen MR) is 145 cm³/mol. The molecule has 2 aliphatic rings. The number of hydrogen-bond acceptors (Lipinski definition) is 5. The molecule has 1 saturated carbocycles. The fourth-order valence-electron chi connectivity index (χ4n) is 6.43. The molecule has 2 fully saturated rings. The first-order valence-corrected chi connectivity index (χ1v) is 13.6. The molecule has 1 aliphatic carbocycles. The fraction of sp³-hybridized carbons (Fsp3) is 0.433. The number of aromatic nitrogens is 1. The molecule has 0 bridgehead atoms. The summed E-state index contributed by atoms with van der Waals surface area (Å²) >= 11 is 0. The third kappa shape index (κ3) is 4.69. The Hall–Kier alpha value is -3.65. The van der Waals surface area contributed by atoms with Gasteiger partial charge in [0.25, 0.3) is 0 Å². The Labute approximate surface area is 222 Å². The predicted octanol–water partition coefficient (Wildman–Crippen LogP) is 3.95. The van der Waals surface area contributed by atoms with Gasteiger partial charge in [0.2, 0.25) is 11.8 Å². The highest BCUT2D eigenvalue weighted by Crippen LogP contribution is 2.46. The van der Waals surface area contributed by atoms with E-state index in [1.807, 2.05) is 59.2 Å². The molecule has 8 nitrogen and oxygen atoms in total. The number of carbonyl (C=O) groups excluding carboxylic acids is 3. The monoisotopic (exact) mass is 516 g/mol. The van der Waals surface area contributed by atoms with Gasteiger partial charge in [0.1, 0.15) is 17.9 Å². The van der Waals surface area contributed by atoms with Gasteiger partial charge in [-0.2, -0.15) is 0 Å². The zero-order valence-electron chi connectivity index (χ0n) is 21.8. The summed E-state index contributed by atoms with van der Waals surface area (Å²) in [6.07, 6.45) is 3.10. The van der Waals surface area contributed by atoms with Crippen molar-refractivity contribution in [2.24, 2.45) is 23.3 Å². The van der Waals surface area contributed by atoms with Crippen molar-refractivity contribution in [3.63, 3.8) is 0 Å². The summed E-state index contributed by atoms with van der Waals surface area (Å²) < 4.78 is 7.30. The average molecular weight is 517 g/mol. The van der Waals surface area contributed by atoms with E-state index in [1.54, 1.807) is 17.9 Å². The van der Waals surface area contributed by atoms with Crippen molar-refractivity contribution in [1.82, 2.24) is 9.47 Å². The van der Waals surface area contributed by atoms with Crippen molar-refractivity contribution in [1.29, 1.82) is 0 Å². The lowest BCUT2D eigenvalue weighted by Crippen LogP contribution is -2.50. The van der Waals surface area contributed by atoms with Crippen LogP contribution in [0.4, 0.5) is 0 Å². The average Bonchev–Trinajstić information content (AvgIpc) is 3.52. The number of fused-ring (bicyclic) bond motifs is 1. The van der Waals surface area contributed by atoms with E-state index >= 15 is 0 Å². The number of primary amides is 1. The normalized spacial score (nSPS) is 25.4. The molecule has 1 aliphatic heterocycles. The fourth-order valence-corrected chi connectivity index (χ4v) is 6.43. The molecule has 1 unspecified atom stereocenters. The minimum Gasteiger partial charge on any atom is -0.461 e. The summed E-state index contributed by atoms with van der Waals surface area (Å²) in [6, 6.07) is 18.4. The largest absolute Gasteiger partial charge is 0.461 e. The number of esters is 1. The zero-order chi connectivity index (χ0) is 26.8.